The number of halogens is 2. The van der Waals surface area contributed by atoms with Crippen LogP contribution in [-0.2, 0) is 14.3 Å². The molecule has 1 amide bonds. The molecule has 1 aliphatic rings. The van der Waals surface area contributed by atoms with Gasteiger partial charge in [-0.2, -0.15) is 0 Å². The smallest absolute Gasteiger partial charge is 0.305 e. The van der Waals surface area contributed by atoms with Crippen molar-refractivity contribution < 1.29 is 19.4 Å². The molecule has 1 N–H and O–H groups in total. The second-order valence-electron chi connectivity index (χ2n) is 5.25. The molecule has 2 atom stereocenters. The number of aliphatic carboxylic acids is 1. The fourth-order valence-corrected chi connectivity index (χ4v) is 2.80. The Morgan fingerprint density at radius 1 is 1.41 bits per heavy atom. The van der Waals surface area contributed by atoms with Crippen LogP contribution in [0, 0.1) is 0 Å². The van der Waals surface area contributed by atoms with Gasteiger partial charge >= 0.3 is 5.97 Å². The molecule has 1 fully saturated rings. The van der Waals surface area contributed by atoms with E-state index >= 15 is 0 Å². The first-order valence-electron chi connectivity index (χ1n) is 6.95. The molecule has 5 nitrogen and oxygen atoms in total. The zero-order chi connectivity index (χ0) is 16.3. The van der Waals surface area contributed by atoms with Gasteiger partial charge in [-0.3, -0.25) is 9.59 Å². The molecular formula is C15H17Cl2NO4. The number of amides is 1. The van der Waals surface area contributed by atoms with Crippen molar-refractivity contribution in [1.82, 2.24) is 4.90 Å². The Bertz CT molecular complexity index is 579. The van der Waals surface area contributed by atoms with Gasteiger partial charge in [-0.05, 0) is 24.6 Å². The first-order valence-corrected chi connectivity index (χ1v) is 7.70. The van der Waals surface area contributed by atoms with E-state index in [0.29, 0.717) is 23.2 Å². The molecule has 0 bridgehead atoms. The lowest BCUT2D eigenvalue weighted by Crippen LogP contribution is -2.50. The number of hydrogen-bond donors (Lipinski definition) is 1. The van der Waals surface area contributed by atoms with Gasteiger partial charge < -0.3 is 14.7 Å². The number of carboxylic acids is 1. The lowest BCUT2D eigenvalue weighted by atomic mass is 9.98. The van der Waals surface area contributed by atoms with E-state index in [9.17, 15) is 9.59 Å². The molecule has 2 rings (SSSR count). The molecule has 0 saturated carbocycles. The molecule has 0 radical (unpaired) electrons. The van der Waals surface area contributed by atoms with E-state index in [0.717, 1.165) is 5.56 Å². The second kappa shape index (κ2) is 7.31. The Morgan fingerprint density at radius 2 is 2.14 bits per heavy atom. The fourth-order valence-electron chi connectivity index (χ4n) is 2.49. The minimum Gasteiger partial charge on any atom is -0.481 e. The molecule has 120 valence electrons. The minimum absolute atomic E-state index is 0.125. The van der Waals surface area contributed by atoms with Gasteiger partial charge in [0.25, 0.3) is 0 Å². The predicted octanol–water partition coefficient (Wildman–Crippen LogP) is 2.80. The van der Waals surface area contributed by atoms with Gasteiger partial charge in [-0.15, -0.1) is 0 Å². The van der Waals surface area contributed by atoms with Crippen LogP contribution >= 0.6 is 23.2 Å². The van der Waals surface area contributed by atoms with Crippen LogP contribution in [0.2, 0.25) is 10.0 Å². The number of nitrogens with zero attached hydrogens (tertiary/aromatic N) is 1. The van der Waals surface area contributed by atoms with Gasteiger partial charge in [0.05, 0.1) is 41.6 Å². The third-order valence-electron chi connectivity index (χ3n) is 3.73. The van der Waals surface area contributed by atoms with E-state index in [2.05, 4.69) is 0 Å². The van der Waals surface area contributed by atoms with E-state index in [-0.39, 0.29) is 18.9 Å². The summed E-state index contributed by atoms with van der Waals surface area (Å²) in [5, 5.41) is 9.78. The monoisotopic (exact) mass is 345 g/mol. The van der Waals surface area contributed by atoms with Crippen molar-refractivity contribution in [2.45, 2.75) is 25.3 Å². The summed E-state index contributed by atoms with van der Waals surface area (Å²) in [6.07, 6.45) is -0.125. The molecule has 1 aromatic rings. The normalized spacial score (nSPS) is 19.8. The predicted molar refractivity (Wildman–Crippen MR) is 83.4 cm³/mol. The highest BCUT2D eigenvalue weighted by atomic mass is 35.5. The maximum absolute atomic E-state index is 12.7. The van der Waals surface area contributed by atoms with Crippen LogP contribution in [0.4, 0.5) is 0 Å². The summed E-state index contributed by atoms with van der Waals surface area (Å²) in [5.41, 5.74) is 0.750. The molecule has 22 heavy (non-hydrogen) atoms. The van der Waals surface area contributed by atoms with Gasteiger partial charge in [0.2, 0.25) is 5.91 Å². The van der Waals surface area contributed by atoms with Crippen LogP contribution < -0.4 is 0 Å². The number of benzene rings is 1. The van der Waals surface area contributed by atoms with Crippen LogP contribution in [0.3, 0.4) is 0 Å². The summed E-state index contributed by atoms with van der Waals surface area (Å²) in [6.45, 7) is 2.82. The van der Waals surface area contributed by atoms with Crippen molar-refractivity contribution in [3.63, 3.8) is 0 Å². The van der Waals surface area contributed by atoms with Gasteiger partial charge in [-0.25, -0.2) is 0 Å². The van der Waals surface area contributed by atoms with Crippen molar-refractivity contribution >= 4 is 35.1 Å². The van der Waals surface area contributed by atoms with Crippen LogP contribution in [0.15, 0.2) is 18.2 Å². The SMILES string of the molecule is CC(C(=O)N1CCOCC1CC(=O)O)c1ccc(Cl)c(Cl)c1. The fraction of sp³-hybridized carbons (Fsp3) is 0.467. The van der Waals surface area contributed by atoms with E-state index in [1.807, 2.05) is 0 Å². The van der Waals surface area contributed by atoms with E-state index in [1.54, 1.807) is 30.0 Å². The largest absolute Gasteiger partial charge is 0.481 e. The highest BCUT2D eigenvalue weighted by Gasteiger charge is 2.32. The van der Waals surface area contributed by atoms with Gasteiger partial charge in [0, 0.05) is 6.54 Å². The zero-order valence-electron chi connectivity index (χ0n) is 12.1. The van der Waals surface area contributed by atoms with Crippen LogP contribution in [0.25, 0.3) is 0 Å². The number of rotatable bonds is 4. The first-order chi connectivity index (χ1) is 10.4. The molecule has 7 heteroatoms. The number of hydrogen-bond acceptors (Lipinski definition) is 3. The van der Waals surface area contributed by atoms with Crippen molar-refractivity contribution in [1.29, 1.82) is 0 Å². The Balaban J connectivity index is 2.16. The van der Waals surface area contributed by atoms with Crippen LogP contribution in [-0.4, -0.2) is 47.7 Å². The van der Waals surface area contributed by atoms with Crippen molar-refractivity contribution in [3.05, 3.63) is 33.8 Å². The molecule has 1 heterocycles. The summed E-state index contributed by atoms with van der Waals surface area (Å²) in [5.74, 6) is -1.51. The highest BCUT2D eigenvalue weighted by molar-refractivity contribution is 6.42. The Hall–Kier alpha value is -1.30. The molecule has 0 aromatic heterocycles. The third-order valence-corrected chi connectivity index (χ3v) is 4.47. The summed E-state index contributed by atoms with van der Waals surface area (Å²) >= 11 is 11.9. The summed E-state index contributed by atoms with van der Waals surface area (Å²) < 4.78 is 5.29. The average Bonchev–Trinajstić information content (AvgIpc) is 2.48. The third kappa shape index (κ3) is 3.91. The highest BCUT2D eigenvalue weighted by Crippen LogP contribution is 2.28. The summed E-state index contributed by atoms with van der Waals surface area (Å²) in [6, 6.07) is 4.63. The molecular weight excluding hydrogens is 329 g/mol. The Morgan fingerprint density at radius 3 is 2.77 bits per heavy atom. The van der Waals surface area contributed by atoms with E-state index < -0.39 is 17.9 Å². The molecule has 1 saturated heterocycles. The van der Waals surface area contributed by atoms with Gasteiger partial charge in [0.15, 0.2) is 0 Å². The van der Waals surface area contributed by atoms with Crippen molar-refractivity contribution in [3.8, 4) is 0 Å². The summed E-state index contributed by atoms with van der Waals surface area (Å²) in [4.78, 5) is 25.2. The van der Waals surface area contributed by atoms with Crippen molar-refractivity contribution in [2.24, 2.45) is 0 Å². The zero-order valence-corrected chi connectivity index (χ0v) is 13.6. The maximum Gasteiger partial charge on any atom is 0.305 e. The summed E-state index contributed by atoms with van der Waals surface area (Å²) in [7, 11) is 0. The molecule has 2 unspecified atom stereocenters. The topological polar surface area (TPSA) is 66.8 Å². The number of carboxylic acid groups (broad SMARTS) is 1. The number of carbonyl (C=O) groups is 2. The van der Waals surface area contributed by atoms with Crippen LogP contribution in [0.5, 0.6) is 0 Å². The van der Waals surface area contributed by atoms with Crippen molar-refractivity contribution in [2.75, 3.05) is 19.8 Å². The lowest BCUT2D eigenvalue weighted by Gasteiger charge is -2.36. The first kappa shape index (κ1) is 17.1. The maximum atomic E-state index is 12.7. The number of carbonyl (C=O) groups excluding carboxylic acids is 1. The number of morpholine rings is 1. The second-order valence-corrected chi connectivity index (χ2v) is 6.07. The Labute approximate surface area is 138 Å². The van der Waals surface area contributed by atoms with Gasteiger partial charge in [0.1, 0.15) is 0 Å². The molecule has 1 aliphatic heterocycles. The Kier molecular flexibility index (Phi) is 5.67. The van der Waals surface area contributed by atoms with E-state index in [4.69, 9.17) is 33.0 Å². The average molecular weight is 346 g/mol. The van der Waals surface area contributed by atoms with E-state index in [1.165, 1.54) is 0 Å². The quantitative estimate of drug-likeness (QED) is 0.910. The van der Waals surface area contributed by atoms with Crippen LogP contribution in [0.1, 0.15) is 24.8 Å². The molecule has 1 aromatic carbocycles. The molecule has 0 spiro atoms. The van der Waals surface area contributed by atoms with Gasteiger partial charge in [-0.1, -0.05) is 29.3 Å². The molecule has 0 aliphatic carbocycles. The number of ether oxygens (including phenoxy) is 1. The minimum atomic E-state index is -0.949. The lowest BCUT2D eigenvalue weighted by molar-refractivity contribution is -0.147. The standard InChI is InChI=1S/C15H17Cl2NO4/c1-9(10-2-3-12(16)13(17)6-10)15(21)18-4-5-22-8-11(18)7-14(19)20/h2-3,6,9,11H,4-5,7-8H2,1H3,(H,19,20).